The summed E-state index contributed by atoms with van der Waals surface area (Å²) in [6, 6.07) is 4.00. The van der Waals surface area contributed by atoms with E-state index in [4.69, 9.17) is 4.74 Å². The van der Waals surface area contributed by atoms with E-state index in [9.17, 15) is 4.79 Å². The number of pyridine rings is 1. The quantitative estimate of drug-likeness (QED) is 0.762. The molecule has 4 atom stereocenters. The number of rotatable bonds is 6. The van der Waals surface area contributed by atoms with E-state index < -0.39 is 0 Å². The van der Waals surface area contributed by atoms with E-state index in [0.717, 1.165) is 39.0 Å². The zero-order valence-electron chi connectivity index (χ0n) is 16.1. The largest absolute Gasteiger partial charge is 0.369 e. The molecule has 1 spiro atoms. The van der Waals surface area contributed by atoms with Crippen LogP contribution in [0.5, 0.6) is 0 Å². The van der Waals surface area contributed by atoms with Gasteiger partial charge in [-0.05, 0) is 51.7 Å². The molecule has 3 aliphatic heterocycles. The van der Waals surface area contributed by atoms with Crippen LogP contribution in [0.15, 0.2) is 24.5 Å². The van der Waals surface area contributed by atoms with Crippen LogP contribution >= 0.6 is 0 Å². The van der Waals surface area contributed by atoms with E-state index in [1.807, 2.05) is 19.2 Å². The summed E-state index contributed by atoms with van der Waals surface area (Å²) in [5.41, 5.74) is 1.12. The monoisotopic (exact) mass is 358 g/mol. The van der Waals surface area contributed by atoms with Crippen molar-refractivity contribution in [3.8, 4) is 0 Å². The third kappa shape index (κ3) is 3.26. The molecule has 142 valence electrons. The van der Waals surface area contributed by atoms with E-state index in [1.54, 1.807) is 12.4 Å². The number of nitrogens with zero attached hydrogens (tertiary/aromatic N) is 4. The average Bonchev–Trinajstić information content (AvgIpc) is 3.25. The molecule has 6 heteroatoms. The molecule has 1 aromatic rings. The average molecular weight is 358 g/mol. The fourth-order valence-corrected chi connectivity index (χ4v) is 5.23. The van der Waals surface area contributed by atoms with Crippen LogP contribution in [0.4, 0.5) is 0 Å². The van der Waals surface area contributed by atoms with Crippen molar-refractivity contribution in [1.82, 2.24) is 19.7 Å². The van der Waals surface area contributed by atoms with Crippen LogP contribution in [0.1, 0.15) is 18.4 Å². The minimum Gasteiger partial charge on any atom is -0.369 e. The topological polar surface area (TPSA) is 48.9 Å². The molecule has 0 saturated carbocycles. The van der Waals surface area contributed by atoms with E-state index in [-0.39, 0.29) is 11.5 Å². The number of aromatic nitrogens is 1. The fourth-order valence-electron chi connectivity index (χ4n) is 5.23. The molecule has 6 nitrogen and oxygen atoms in total. The molecular weight excluding hydrogens is 328 g/mol. The number of ether oxygens (including phenoxy) is 1. The van der Waals surface area contributed by atoms with E-state index >= 15 is 0 Å². The van der Waals surface area contributed by atoms with Crippen molar-refractivity contribution in [1.29, 1.82) is 0 Å². The Hall–Kier alpha value is -1.50. The Bertz CT molecular complexity index is 652. The third-order valence-electron chi connectivity index (χ3n) is 6.32. The first-order valence-electron chi connectivity index (χ1n) is 9.65. The Morgan fingerprint density at radius 2 is 2.12 bits per heavy atom. The molecule has 4 heterocycles. The molecule has 1 amide bonds. The molecule has 2 bridgehead atoms. The van der Waals surface area contributed by atoms with Gasteiger partial charge in [0.2, 0.25) is 5.91 Å². The van der Waals surface area contributed by atoms with Crippen LogP contribution in [-0.2, 0) is 16.1 Å². The van der Waals surface area contributed by atoms with Gasteiger partial charge in [-0.3, -0.25) is 14.7 Å². The van der Waals surface area contributed by atoms with Gasteiger partial charge in [0.15, 0.2) is 0 Å². The first-order valence-corrected chi connectivity index (χ1v) is 9.65. The van der Waals surface area contributed by atoms with Gasteiger partial charge in [-0.25, -0.2) is 0 Å². The van der Waals surface area contributed by atoms with Crippen molar-refractivity contribution in [3.63, 3.8) is 0 Å². The van der Waals surface area contributed by atoms with Crippen molar-refractivity contribution < 1.29 is 9.53 Å². The van der Waals surface area contributed by atoms with E-state index in [1.165, 1.54) is 5.56 Å². The van der Waals surface area contributed by atoms with Crippen LogP contribution in [0, 0.1) is 11.8 Å². The molecule has 0 N–H and O–H groups in total. The van der Waals surface area contributed by atoms with Gasteiger partial charge >= 0.3 is 0 Å². The SMILES string of the molecule is CN(C)C[C@H]1[C@@H]2CC[C@@]3(CN(C(=O)CN(C)Cc4ccncc4)C[C@@H]13)O2. The molecule has 3 aliphatic rings. The molecule has 0 unspecified atom stereocenters. The Kier molecular flexibility index (Phi) is 4.75. The van der Waals surface area contributed by atoms with Gasteiger partial charge in [0.25, 0.3) is 0 Å². The maximum atomic E-state index is 12.9. The van der Waals surface area contributed by atoms with Gasteiger partial charge in [-0.2, -0.15) is 0 Å². The molecule has 4 rings (SSSR count). The lowest BCUT2D eigenvalue weighted by atomic mass is 9.73. The van der Waals surface area contributed by atoms with Crippen LogP contribution in [0.2, 0.25) is 0 Å². The summed E-state index contributed by atoms with van der Waals surface area (Å²) in [6.45, 7) is 3.91. The fraction of sp³-hybridized carbons (Fsp3) is 0.700. The molecule has 26 heavy (non-hydrogen) atoms. The van der Waals surface area contributed by atoms with Gasteiger partial charge in [0.05, 0.1) is 24.8 Å². The summed E-state index contributed by atoms with van der Waals surface area (Å²) in [5, 5.41) is 0. The number of hydrogen-bond acceptors (Lipinski definition) is 5. The number of likely N-dealkylation sites (tertiary alicyclic amines) is 1. The molecule has 0 radical (unpaired) electrons. The highest BCUT2D eigenvalue weighted by Gasteiger charge is 2.63. The Morgan fingerprint density at radius 1 is 1.35 bits per heavy atom. The van der Waals surface area contributed by atoms with E-state index in [2.05, 4.69) is 33.8 Å². The third-order valence-corrected chi connectivity index (χ3v) is 6.32. The normalized spacial score (nSPS) is 32.7. The Morgan fingerprint density at radius 3 is 2.85 bits per heavy atom. The maximum absolute atomic E-state index is 12.9. The summed E-state index contributed by atoms with van der Waals surface area (Å²) >= 11 is 0. The van der Waals surface area contributed by atoms with Crippen LogP contribution in [-0.4, -0.2) is 84.6 Å². The second kappa shape index (κ2) is 6.91. The highest BCUT2D eigenvalue weighted by atomic mass is 16.5. The highest BCUT2D eigenvalue weighted by molar-refractivity contribution is 5.78. The highest BCUT2D eigenvalue weighted by Crippen LogP contribution is 2.54. The predicted octanol–water partition coefficient (Wildman–Crippen LogP) is 1.08. The number of carbonyl (C=O) groups excluding carboxylic acids is 1. The van der Waals surface area contributed by atoms with Gasteiger partial charge in [-0.1, -0.05) is 0 Å². The number of carbonyl (C=O) groups is 1. The first-order chi connectivity index (χ1) is 12.5. The second-order valence-corrected chi connectivity index (χ2v) is 8.59. The molecule has 0 aliphatic carbocycles. The lowest BCUT2D eigenvalue weighted by molar-refractivity contribution is -0.132. The number of likely N-dealkylation sites (N-methyl/N-ethyl adjacent to an activating group) is 1. The van der Waals surface area contributed by atoms with Crippen molar-refractivity contribution in [2.75, 3.05) is 47.3 Å². The summed E-state index contributed by atoms with van der Waals surface area (Å²) < 4.78 is 6.44. The molecule has 3 fully saturated rings. The van der Waals surface area contributed by atoms with Crippen LogP contribution < -0.4 is 0 Å². The second-order valence-electron chi connectivity index (χ2n) is 8.59. The van der Waals surface area contributed by atoms with Crippen LogP contribution in [0.25, 0.3) is 0 Å². The summed E-state index contributed by atoms with van der Waals surface area (Å²) in [7, 11) is 6.26. The first kappa shape index (κ1) is 17.9. The summed E-state index contributed by atoms with van der Waals surface area (Å²) in [5.74, 6) is 1.28. The van der Waals surface area contributed by atoms with Gasteiger partial charge in [0, 0.05) is 43.9 Å². The minimum absolute atomic E-state index is 0.0648. The van der Waals surface area contributed by atoms with E-state index in [0.29, 0.717) is 24.5 Å². The summed E-state index contributed by atoms with van der Waals surface area (Å²) in [4.78, 5) is 23.3. The van der Waals surface area contributed by atoms with Crippen molar-refractivity contribution in [2.45, 2.75) is 31.1 Å². The number of amides is 1. The molecule has 1 aromatic heterocycles. The Labute approximate surface area is 156 Å². The van der Waals surface area contributed by atoms with Gasteiger partial charge in [-0.15, -0.1) is 0 Å². The molecular formula is C20H30N4O2. The maximum Gasteiger partial charge on any atom is 0.236 e. The lowest BCUT2D eigenvalue weighted by Crippen LogP contribution is -2.40. The van der Waals surface area contributed by atoms with Crippen molar-refractivity contribution >= 4 is 5.91 Å². The Balaban J connectivity index is 1.37. The molecule has 0 aromatic carbocycles. The van der Waals surface area contributed by atoms with Crippen molar-refractivity contribution in [3.05, 3.63) is 30.1 Å². The van der Waals surface area contributed by atoms with Crippen molar-refractivity contribution in [2.24, 2.45) is 11.8 Å². The number of hydrogen-bond donors (Lipinski definition) is 0. The predicted molar refractivity (Wildman–Crippen MR) is 99.5 cm³/mol. The van der Waals surface area contributed by atoms with Gasteiger partial charge < -0.3 is 14.5 Å². The molecule has 3 saturated heterocycles. The summed E-state index contributed by atoms with van der Waals surface area (Å²) in [6.07, 6.45) is 6.26. The van der Waals surface area contributed by atoms with Crippen LogP contribution in [0.3, 0.4) is 0 Å². The standard InChI is InChI=1S/C20H30N4O2/c1-22(2)11-16-17-12-24(14-20(17)7-4-18(16)26-20)19(25)13-23(3)10-15-5-8-21-9-6-15/h5-6,8-9,16-18H,4,7,10-14H2,1-3H3/t16-,17+,18+,20+/m1/s1. The van der Waals surface area contributed by atoms with Gasteiger partial charge in [0.1, 0.15) is 0 Å². The zero-order valence-corrected chi connectivity index (χ0v) is 16.1. The number of fused-ring (bicyclic) bond motifs is 1. The smallest absolute Gasteiger partial charge is 0.236 e. The zero-order chi connectivity index (χ0) is 18.3. The lowest BCUT2D eigenvalue weighted by Gasteiger charge is -2.30. The minimum atomic E-state index is -0.0648.